The number of aryl methyl sites for hydroxylation is 2. The lowest BCUT2D eigenvalue weighted by atomic mass is 9.84. The van der Waals surface area contributed by atoms with Gasteiger partial charge in [-0.05, 0) is 87.7 Å². The summed E-state index contributed by atoms with van der Waals surface area (Å²) in [6.07, 6.45) is 12.9. The van der Waals surface area contributed by atoms with Gasteiger partial charge in [-0.2, -0.15) is 0 Å². The monoisotopic (exact) mass is 545 g/mol. The quantitative estimate of drug-likeness (QED) is 0.202. The van der Waals surface area contributed by atoms with E-state index in [9.17, 15) is 0 Å². The van der Waals surface area contributed by atoms with Gasteiger partial charge in [0.15, 0.2) is 0 Å². The van der Waals surface area contributed by atoms with Gasteiger partial charge in [0.1, 0.15) is 0 Å². The maximum Gasteiger partial charge on any atom is 0.0346 e. The van der Waals surface area contributed by atoms with Crippen LogP contribution < -0.4 is 0 Å². The first-order valence-electron chi connectivity index (χ1n) is 15.0. The predicted molar refractivity (Wildman–Crippen MR) is 184 cm³/mol. The summed E-state index contributed by atoms with van der Waals surface area (Å²) >= 11 is 0. The average molecular weight is 546 g/mol. The molecule has 0 radical (unpaired) electrons. The Morgan fingerprint density at radius 2 is 1.17 bits per heavy atom. The smallest absolute Gasteiger partial charge is 0.0346 e. The van der Waals surface area contributed by atoms with Crippen LogP contribution >= 0.6 is 0 Å². The summed E-state index contributed by atoms with van der Waals surface area (Å²) in [7, 11) is 0. The van der Waals surface area contributed by atoms with E-state index in [-0.39, 0.29) is 0 Å². The number of benzene rings is 5. The van der Waals surface area contributed by atoms with Gasteiger partial charge in [0.05, 0.1) is 0 Å². The lowest BCUT2D eigenvalue weighted by molar-refractivity contribution is 1.04. The lowest BCUT2D eigenvalue weighted by Crippen LogP contribution is -1.94. The molecule has 0 saturated heterocycles. The van der Waals surface area contributed by atoms with Gasteiger partial charge < -0.3 is 0 Å². The van der Waals surface area contributed by atoms with E-state index in [2.05, 4.69) is 140 Å². The molecule has 1 heteroatoms. The van der Waals surface area contributed by atoms with E-state index in [0.29, 0.717) is 0 Å². The molecule has 0 bridgehead atoms. The molecule has 1 aromatic heterocycles. The average Bonchev–Trinajstić information content (AvgIpc) is 3.06. The summed E-state index contributed by atoms with van der Waals surface area (Å²) in [5.74, 6) is 0. The molecule has 0 amide bonds. The van der Waals surface area contributed by atoms with Crippen molar-refractivity contribution in [3.8, 4) is 22.3 Å². The van der Waals surface area contributed by atoms with Crippen molar-refractivity contribution in [2.24, 2.45) is 0 Å². The Morgan fingerprint density at radius 3 is 1.83 bits per heavy atom. The lowest BCUT2D eigenvalue weighted by Gasteiger charge is -2.19. The van der Waals surface area contributed by atoms with Gasteiger partial charge in [-0.25, -0.2) is 0 Å². The van der Waals surface area contributed by atoms with E-state index < -0.39 is 0 Å². The van der Waals surface area contributed by atoms with Crippen molar-refractivity contribution in [2.75, 3.05) is 0 Å². The van der Waals surface area contributed by atoms with Crippen LogP contribution in [0.25, 0.3) is 49.4 Å². The van der Waals surface area contributed by atoms with Crippen molar-refractivity contribution in [3.05, 3.63) is 157 Å². The zero-order valence-electron chi connectivity index (χ0n) is 25.1. The summed E-state index contributed by atoms with van der Waals surface area (Å²) in [6, 6.07) is 39.0. The maximum absolute atomic E-state index is 4.08. The fourth-order valence-corrected chi connectivity index (χ4v) is 5.60. The Balaban J connectivity index is 0.000000197. The molecule has 1 aliphatic carbocycles. The van der Waals surface area contributed by atoms with Gasteiger partial charge in [-0.3, -0.25) is 4.98 Å². The summed E-state index contributed by atoms with van der Waals surface area (Å²) in [5, 5.41) is 5.35. The molecule has 0 saturated carbocycles. The molecule has 0 atom stereocenters. The van der Waals surface area contributed by atoms with Gasteiger partial charge in [-0.1, -0.05) is 146 Å². The molecule has 0 fully saturated rings. The van der Waals surface area contributed by atoms with Crippen LogP contribution in [0.5, 0.6) is 0 Å². The molecule has 6 aromatic rings. The van der Waals surface area contributed by atoms with Crippen LogP contribution in [-0.2, 0) is 0 Å². The number of allylic oxidation sites excluding steroid dienone is 4. The number of pyridine rings is 1. The molecule has 208 valence electrons. The van der Waals surface area contributed by atoms with E-state index >= 15 is 0 Å². The van der Waals surface area contributed by atoms with Crippen molar-refractivity contribution in [2.45, 2.75) is 40.5 Å². The summed E-state index contributed by atoms with van der Waals surface area (Å²) in [5.41, 5.74) is 10.3. The van der Waals surface area contributed by atoms with Gasteiger partial charge in [-0.15, -0.1) is 0 Å². The largest absolute Gasteiger partial charge is 0.264 e. The van der Waals surface area contributed by atoms with Gasteiger partial charge in [0.25, 0.3) is 0 Å². The SMILES string of the molecule is CC.Cc1ccc(-c2cccnc2)cc1.Cc1ccc2c(C3=CCCC=C3)c3ccccc3c(-c3ccccc3)c2c1. The normalized spacial score (nSPS) is 12.1. The zero-order chi connectivity index (χ0) is 29.3. The van der Waals surface area contributed by atoms with E-state index in [4.69, 9.17) is 0 Å². The molecule has 1 heterocycles. The highest BCUT2D eigenvalue weighted by Crippen LogP contribution is 2.42. The second kappa shape index (κ2) is 13.7. The van der Waals surface area contributed by atoms with Crippen LogP contribution in [0.2, 0.25) is 0 Å². The first-order chi connectivity index (χ1) is 20.7. The fourth-order valence-electron chi connectivity index (χ4n) is 5.60. The highest BCUT2D eigenvalue weighted by Gasteiger charge is 2.17. The summed E-state index contributed by atoms with van der Waals surface area (Å²) in [6.45, 7) is 8.27. The number of rotatable bonds is 3. The van der Waals surface area contributed by atoms with Crippen LogP contribution in [0, 0.1) is 13.8 Å². The van der Waals surface area contributed by atoms with Crippen LogP contribution in [0.15, 0.2) is 140 Å². The molecule has 42 heavy (non-hydrogen) atoms. The van der Waals surface area contributed by atoms with E-state index in [1.54, 1.807) is 6.20 Å². The summed E-state index contributed by atoms with van der Waals surface area (Å²) in [4.78, 5) is 4.08. The Bertz CT molecular complexity index is 1830. The molecule has 1 nitrogen and oxygen atoms in total. The predicted octanol–water partition coefficient (Wildman–Crippen LogP) is 11.8. The van der Waals surface area contributed by atoms with Crippen molar-refractivity contribution in [1.82, 2.24) is 4.98 Å². The minimum atomic E-state index is 1.12. The van der Waals surface area contributed by atoms with Crippen LogP contribution in [0.4, 0.5) is 0 Å². The molecule has 5 aromatic carbocycles. The highest BCUT2D eigenvalue weighted by molar-refractivity contribution is 6.19. The summed E-state index contributed by atoms with van der Waals surface area (Å²) < 4.78 is 0. The Kier molecular flexibility index (Phi) is 9.41. The van der Waals surface area contributed by atoms with E-state index in [1.165, 1.54) is 66.1 Å². The number of nitrogens with zero attached hydrogens (tertiary/aromatic N) is 1. The minimum Gasteiger partial charge on any atom is -0.264 e. The molecular formula is C41H39N. The Morgan fingerprint density at radius 1 is 0.524 bits per heavy atom. The van der Waals surface area contributed by atoms with Gasteiger partial charge in [0, 0.05) is 12.4 Å². The van der Waals surface area contributed by atoms with Crippen LogP contribution in [-0.4, -0.2) is 4.98 Å². The van der Waals surface area contributed by atoms with E-state index in [0.717, 1.165) is 12.8 Å². The molecule has 0 aliphatic heterocycles. The van der Waals surface area contributed by atoms with Gasteiger partial charge in [0.2, 0.25) is 0 Å². The third kappa shape index (κ3) is 6.26. The first kappa shape index (κ1) is 28.8. The molecule has 0 unspecified atom stereocenters. The number of hydrogen-bond acceptors (Lipinski definition) is 1. The van der Waals surface area contributed by atoms with Crippen molar-refractivity contribution < 1.29 is 0 Å². The third-order valence-electron chi connectivity index (χ3n) is 7.57. The highest BCUT2D eigenvalue weighted by atomic mass is 14.6. The minimum absolute atomic E-state index is 1.12. The maximum atomic E-state index is 4.08. The second-order valence-corrected chi connectivity index (χ2v) is 10.5. The molecule has 0 spiro atoms. The van der Waals surface area contributed by atoms with Crippen molar-refractivity contribution >= 4 is 27.1 Å². The topological polar surface area (TPSA) is 12.9 Å². The van der Waals surface area contributed by atoms with Crippen LogP contribution in [0.3, 0.4) is 0 Å². The molecule has 1 aliphatic rings. The second-order valence-electron chi connectivity index (χ2n) is 10.5. The Hall–Kier alpha value is -4.75. The fraction of sp³-hybridized carbons (Fsp3) is 0.146. The van der Waals surface area contributed by atoms with Crippen molar-refractivity contribution in [3.63, 3.8) is 0 Å². The molecule has 0 N–H and O–H groups in total. The standard InChI is InChI=1S/C27H22.C12H11N.C2H6/c1-19-16-17-24-25(18-19)27(21-12-6-3-7-13-21)23-15-9-8-14-22(23)26(24)20-10-4-2-5-11-20;1-10-4-6-11(7-5-10)12-3-2-8-13-9-12;1-2/h3-4,6-18H,2,5H2,1H3;2-9H,1H3;1-2H3. The molecular weight excluding hydrogens is 506 g/mol. The number of aromatic nitrogens is 1. The van der Waals surface area contributed by atoms with Gasteiger partial charge >= 0.3 is 0 Å². The zero-order valence-corrected chi connectivity index (χ0v) is 25.1. The van der Waals surface area contributed by atoms with Crippen molar-refractivity contribution in [1.29, 1.82) is 0 Å². The van der Waals surface area contributed by atoms with Crippen LogP contribution in [0.1, 0.15) is 43.4 Å². The number of hydrogen-bond donors (Lipinski definition) is 0. The first-order valence-corrected chi connectivity index (χ1v) is 15.0. The van der Waals surface area contributed by atoms with E-state index in [1.807, 2.05) is 26.1 Å². The molecule has 7 rings (SSSR count). The third-order valence-corrected chi connectivity index (χ3v) is 7.57. The Labute approximate surface area is 250 Å². The number of fused-ring (bicyclic) bond motifs is 2.